The standard InChI is InChI=1S/C16H19N3O4.ClH/c20-15(9-1-4-13-12(7-9)17-5-6-22-13)18-10-2-3-11-14(8-10)23-16(21)19-11;/h2-3,8-9,12-13,17H,1,4-7H2,(H,18,20)(H,19,21);1H/t9-,12+,13+;/m0./s1. The van der Waals surface area contributed by atoms with Crippen LogP contribution in [0.5, 0.6) is 0 Å². The summed E-state index contributed by atoms with van der Waals surface area (Å²) in [6.07, 6.45) is 2.76. The number of benzene rings is 1. The molecule has 130 valence electrons. The summed E-state index contributed by atoms with van der Waals surface area (Å²) in [5.74, 6) is -0.516. The van der Waals surface area contributed by atoms with Crippen molar-refractivity contribution in [2.24, 2.45) is 5.92 Å². The molecule has 1 aromatic heterocycles. The van der Waals surface area contributed by atoms with Gasteiger partial charge in [-0.05, 0) is 31.4 Å². The van der Waals surface area contributed by atoms with Gasteiger partial charge in [0.1, 0.15) is 0 Å². The largest absolute Gasteiger partial charge is 0.417 e. The van der Waals surface area contributed by atoms with Crippen LogP contribution in [-0.4, -0.2) is 36.2 Å². The highest BCUT2D eigenvalue weighted by Crippen LogP contribution is 2.29. The van der Waals surface area contributed by atoms with E-state index in [2.05, 4.69) is 15.6 Å². The van der Waals surface area contributed by atoms with Crippen molar-refractivity contribution in [3.8, 4) is 0 Å². The molecule has 3 atom stereocenters. The molecule has 1 aliphatic heterocycles. The molecule has 1 saturated heterocycles. The third-order valence-corrected chi connectivity index (χ3v) is 4.69. The summed E-state index contributed by atoms with van der Waals surface area (Å²) in [7, 11) is 0. The minimum atomic E-state index is -0.495. The van der Waals surface area contributed by atoms with Gasteiger partial charge in [0.2, 0.25) is 5.91 Å². The number of rotatable bonds is 2. The average Bonchev–Trinajstić information content (AvgIpc) is 2.93. The Bertz CT molecular complexity index is 787. The topological polar surface area (TPSA) is 96.4 Å². The van der Waals surface area contributed by atoms with Crippen molar-refractivity contribution in [1.82, 2.24) is 10.3 Å². The van der Waals surface area contributed by atoms with E-state index in [0.29, 0.717) is 16.8 Å². The number of H-pyrrole nitrogens is 1. The molecule has 0 spiro atoms. The molecule has 3 N–H and O–H groups in total. The predicted molar refractivity (Wildman–Crippen MR) is 91.6 cm³/mol. The zero-order valence-corrected chi connectivity index (χ0v) is 13.9. The van der Waals surface area contributed by atoms with Crippen molar-refractivity contribution < 1.29 is 13.9 Å². The second-order valence-corrected chi connectivity index (χ2v) is 6.19. The van der Waals surface area contributed by atoms with Crippen molar-refractivity contribution >= 4 is 35.1 Å². The zero-order valence-electron chi connectivity index (χ0n) is 13.0. The van der Waals surface area contributed by atoms with Crippen LogP contribution in [0.4, 0.5) is 5.69 Å². The smallest absolute Gasteiger partial charge is 0.408 e. The maximum atomic E-state index is 12.5. The van der Waals surface area contributed by atoms with E-state index in [1.54, 1.807) is 18.2 Å². The Balaban J connectivity index is 0.00000169. The summed E-state index contributed by atoms with van der Waals surface area (Å²) in [6, 6.07) is 5.42. The quantitative estimate of drug-likeness (QED) is 0.762. The van der Waals surface area contributed by atoms with Gasteiger partial charge in [0.25, 0.3) is 0 Å². The van der Waals surface area contributed by atoms with Gasteiger partial charge in [-0.25, -0.2) is 4.79 Å². The van der Waals surface area contributed by atoms with Crippen molar-refractivity contribution in [3.63, 3.8) is 0 Å². The molecular weight excluding hydrogens is 334 g/mol. The lowest BCUT2D eigenvalue weighted by Gasteiger charge is -2.39. The normalized spacial score (nSPS) is 26.4. The molecule has 24 heavy (non-hydrogen) atoms. The van der Waals surface area contributed by atoms with E-state index < -0.39 is 5.76 Å². The number of halogens is 1. The van der Waals surface area contributed by atoms with Gasteiger partial charge in [-0.3, -0.25) is 9.78 Å². The van der Waals surface area contributed by atoms with Crippen LogP contribution in [0.25, 0.3) is 11.1 Å². The summed E-state index contributed by atoms with van der Waals surface area (Å²) in [5.41, 5.74) is 1.70. The first-order chi connectivity index (χ1) is 11.2. The summed E-state index contributed by atoms with van der Waals surface area (Å²) in [5, 5.41) is 6.36. The van der Waals surface area contributed by atoms with Crippen LogP contribution >= 0.6 is 12.4 Å². The lowest BCUT2D eigenvalue weighted by molar-refractivity contribution is -0.123. The minimum Gasteiger partial charge on any atom is -0.408 e. The number of morpholine rings is 1. The first-order valence-corrected chi connectivity index (χ1v) is 7.98. The summed E-state index contributed by atoms with van der Waals surface area (Å²) in [6.45, 7) is 1.60. The van der Waals surface area contributed by atoms with E-state index in [4.69, 9.17) is 9.15 Å². The van der Waals surface area contributed by atoms with Gasteiger partial charge in [-0.2, -0.15) is 0 Å². The maximum absolute atomic E-state index is 12.5. The SMILES string of the molecule is Cl.O=C(Nc1ccc2[nH]c(=O)oc2c1)[C@H]1CC[C@H]2OCCN[C@@H]2C1. The first kappa shape index (κ1) is 17.0. The summed E-state index contributed by atoms with van der Waals surface area (Å²) < 4.78 is 10.8. The number of carbonyl (C=O) groups is 1. The van der Waals surface area contributed by atoms with Gasteiger partial charge in [0.15, 0.2) is 5.58 Å². The third-order valence-electron chi connectivity index (χ3n) is 4.69. The Morgan fingerprint density at radius 1 is 1.29 bits per heavy atom. The number of aromatic nitrogens is 1. The molecule has 7 nitrogen and oxygen atoms in total. The van der Waals surface area contributed by atoms with Crippen molar-refractivity contribution in [3.05, 3.63) is 28.7 Å². The Hall–Kier alpha value is -1.83. The van der Waals surface area contributed by atoms with E-state index in [1.165, 1.54) is 0 Å². The first-order valence-electron chi connectivity index (χ1n) is 7.98. The number of hydrogen-bond donors (Lipinski definition) is 3. The second-order valence-electron chi connectivity index (χ2n) is 6.19. The van der Waals surface area contributed by atoms with Crippen LogP contribution in [-0.2, 0) is 9.53 Å². The Morgan fingerprint density at radius 3 is 3.04 bits per heavy atom. The maximum Gasteiger partial charge on any atom is 0.417 e. The van der Waals surface area contributed by atoms with Gasteiger partial charge >= 0.3 is 5.76 Å². The van der Waals surface area contributed by atoms with Crippen molar-refractivity contribution in [2.75, 3.05) is 18.5 Å². The van der Waals surface area contributed by atoms with Crippen LogP contribution in [0.3, 0.4) is 0 Å². The predicted octanol–water partition coefficient (Wildman–Crippen LogP) is 1.64. The van der Waals surface area contributed by atoms with Crippen LogP contribution in [0.2, 0.25) is 0 Å². The highest BCUT2D eigenvalue weighted by Gasteiger charge is 2.35. The molecule has 0 unspecified atom stereocenters. The molecule has 2 aliphatic rings. The van der Waals surface area contributed by atoms with Crippen LogP contribution in [0.1, 0.15) is 19.3 Å². The molecule has 1 aliphatic carbocycles. The van der Waals surface area contributed by atoms with Crippen molar-refractivity contribution in [2.45, 2.75) is 31.4 Å². The van der Waals surface area contributed by atoms with Crippen molar-refractivity contribution in [1.29, 1.82) is 0 Å². The minimum absolute atomic E-state index is 0. The van der Waals surface area contributed by atoms with Gasteiger partial charge in [-0.15, -0.1) is 12.4 Å². The monoisotopic (exact) mass is 353 g/mol. The molecule has 1 amide bonds. The number of amides is 1. The number of anilines is 1. The molecule has 2 fully saturated rings. The molecule has 2 heterocycles. The fourth-order valence-corrected chi connectivity index (χ4v) is 3.52. The zero-order chi connectivity index (χ0) is 15.8. The molecule has 2 aromatic rings. The molecule has 4 rings (SSSR count). The van der Waals surface area contributed by atoms with Crippen LogP contribution in [0, 0.1) is 5.92 Å². The Labute approximate surface area is 144 Å². The third kappa shape index (κ3) is 3.33. The van der Waals surface area contributed by atoms with Gasteiger partial charge in [0, 0.05) is 30.3 Å². The van der Waals surface area contributed by atoms with Gasteiger partial charge < -0.3 is 19.8 Å². The highest BCUT2D eigenvalue weighted by molar-refractivity contribution is 5.94. The van der Waals surface area contributed by atoms with E-state index in [-0.39, 0.29) is 36.4 Å². The second kappa shape index (κ2) is 6.96. The van der Waals surface area contributed by atoms with Crippen LogP contribution < -0.4 is 16.4 Å². The Morgan fingerprint density at radius 2 is 2.17 bits per heavy atom. The Kier molecular flexibility index (Phi) is 4.93. The molecular formula is C16H20ClN3O4. The highest BCUT2D eigenvalue weighted by atomic mass is 35.5. The van der Waals surface area contributed by atoms with Gasteiger partial charge in [-0.1, -0.05) is 0 Å². The summed E-state index contributed by atoms with van der Waals surface area (Å²) >= 11 is 0. The summed E-state index contributed by atoms with van der Waals surface area (Å²) in [4.78, 5) is 26.3. The molecule has 1 saturated carbocycles. The van der Waals surface area contributed by atoms with E-state index in [1.807, 2.05) is 0 Å². The number of carbonyl (C=O) groups excluding carboxylic acids is 1. The van der Waals surface area contributed by atoms with E-state index in [9.17, 15) is 9.59 Å². The van der Waals surface area contributed by atoms with E-state index in [0.717, 1.165) is 32.4 Å². The number of hydrogen-bond acceptors (Lipinski definition) is 5. The number of fused-ring (bicyclic) bond motifs is 2. The number of ether oxygens (including phenoxy) is 1. The van der Waals surface area contributed by atoms with E-state index >= 15 is 0 Å². The number of nitrogens with one attached hydrogen (secondary N) is 3. The number of aromatic amines is 1. The molecule has 0 radical (unpaired) electrons. The van der Waals surface area contributed by atoms with Crippen LogP contribution in [0.15, 0.2) is 27.4 Å². The fourth-order valence-electron chi connectivity index (χ4n) is 3.52. The van der Waals surface area contributed by atoms with Gasteiger partial charge in [0.05, 0.1) is 18.2 Å². The lowest BCUT2D eigenvalue weighted by atomic mass is 9.82. The number of oxazole rings is 1. The fraction of sp³-hybridized carbons (Fsp3) is 0.500. The molecule has 8 heteroatoms. The molecule has 0 bridgehead atoms. The molecule has 1 aromatic carbocycles. The lowest BCUT2D eigenvalue weighted by Crippen LogP contribution is -2.52. The average molecular weight is 354 g/mol.